The molecule has 2 aromatic carbocycles. The number of anilines is 1. The summed E-state index contributed by atoms with van der Waals surface area (Å²) in [6, 6.07) is 11.6. The minimum atomic E-state index is -0.870. The Morgan fingerprint density at radius 3 is 2.52 bits per heavy atom. The first-order valence-electron chi connectivity index (χ1n) is 9.60. The SMILES string of the molecule is Cc1cccc(C(C)C)c1NC(=O)[C@H](C)OC(=O)c1ccc2c(c1)CCC2. The molecule has 2 aromatic rings. The molecule has 4 heteroatoms. The second-order valence-electron chi connectivity index (χ2n) is 7.57. The topological polar surface area (TPSA) is 55.4 Å². The predicted molar refractivity (Wildman–Crippen MR) is 107 cm³/mol. The number of hydrogen-bond acceptors (Lipinski definition) is 3. The van der Waals surface area contributed by atoms with Gasteiger partial charge in [0.1, 0.15) is 0 Å². The van der Waals surface area contributed by atoms with E-state index in [1.807, 2.05) is 37.3 Å². The van der Waals surface area contributed by atoms with Crippen LogP contribution in [0.2, 0.25) is 0 Å². The Hall–Kier alpha value is -2.62. The van der Waals surface area contributed by atoms with E-state index in [-0.39, 0.29) is 11.8 Å². The molecule has 1 N–H and O–H groups in total. The zero-order valence-corrected chi connectivity index (χ0v) is 16.5. The van der Waals surface area contributed by atoms with Gasteiger partial charge in [0.2, 0.25) is 0 Å². The van der Waals surface area contributed by atoms with Crippen LogP contribution in [0, 0.1) is 6.92 Å². The van der Waals surface area contributed by atoms with Crippen LogP contribution in [0.4, 0.5) is 5.69 Å². The molecule has 0 spiro atoms. The first kappa shape index (κ1) is 19.2. The van der Waals surface area contributed by atoms with Crippen molar-refractivity contribution in [2.24, 2.45) is 0 Å². The van der Waals surface area contributed by atoms with Gasteiger partial charge in [-0.05, 0) is 73.4 Å². The minimum absolute atomic E-state index is 0.282. The average molecular weight is 365 g/mol. The van der Waals surface area contributed by atoms with Gasteiger partial charge in [0.15, 0.2) is 6.10 Å². The number of nitrogens with one attached hydrogen (secondary N) is 1. The van der Waals surface area contributed by atoms with E-state index in [1.54, 1.807) is 13.0 Å². The molecule has 0 radical (unpaired) electrons. The van der Waals surface area contributed by atoms with Crippen LogP contribution in [-0.2, 0) is 22.4 Å². The van der Waals surface area contributed by atoms with Gasteiger partial charge in [0, 0.05) is 5.69 Å². The number of amides is 1. The number of carbonyl (C=O) groups excluding carboxylic acids is 2. The number of benzene rings is 2. The van der Waals surface area contributed by atoms with Gasteiger partial charge in [-0.15, -0.1) is 0 Å². The van der Waals surface area contributed by atoms with E-state index >= 15 is 0 Å². The van der Waals surface area contributed by atoms with Crippen LogP contribution in [0.5, 0.6) is 0 Å². The molecule has 1 amide bonds. The lowest BCUT2D eigenvalue weighted by Crippen LogP contribution is -2.30. The van der Waals surface area contributed by atoms with Crippen LogP contribution in [0.15, 0.2) is 36.4 Å². The summed E-state index contributed by atoms with van der Waals surface area (Å²) >= 11 is 0. The molecule has 4 nitrogen and oxygen atoms in total. The first-order chi connectivity index (χ1) is 12.9. The lowest BCUT2D eigenvalue weighted by atomic mass is 9.98. The lowest BCUT2D eigenvalue weighted by Gasteiger charge is -2.19. The van der Waals surface area contributed by atoms with E-state index in [9.17, 15) is 9.59 Å². The van der Waals surface area contributed by atoms with E-state index in [2.05, 4.69) is 19.2 Å². The highest BCUT2D eigenvalue weighted by Crippen LogP contribution is 2.28. The summed E-state index contributed by atoms with van der Waals surface area (Å²) in [5, 5.41) is 2.94. The van der Waals surface area contributed by atoms with Crippen LogP contribution in [0.25, 0.3) is 0 Å². The third-order valence-corrected chi connectivity index (χ3v) is 5.16. The second-order valence-corrected chi connectivity index (χ2v) is 7.57. The van der Waals surface area contributed by atoms with Gasteiger partial charge in [0.05, 0.1) is 5.56 Å². The number of hydrogen-bond donors (Lipinski definition) is 1. The number of rotatable bonds is 5. The number of carbonyl (C=O) groups is 2. The summed E-state index contributed by atoms with van der Waals surface area (Å²) < 4.78 is 5.42. The van der Waals surface area contributed by atoms with E-state index < -0.39 is 12.1 Å². The summed E-state index contributed by atoms with van der Waals surface area (Å²) in [7, 11) is 0. The van der Waals surface area contributed by atoms with Crippen molar-refractivity contribution < 1.29 is 14.3 Å². The summed E-state index contributed by atoms with van der Waals surface area (Å²) in [6.07, 6.45) is 2.32. The van der Waals surface area contributed by atoms with Crippen molar-refractivity contribution >= 4 is 17.6 Å². The molecule has 0 unspecified atom stereocenters. The summed E-state index contributed by atoms with van der Waals surface area (Å²) in [5.41, 5.74) is 5.89. The highest BCUT2D eigenvalue weighted by molar-refractivity contribution is 5.98. The van der Waals surface area contributed by atoms with Crippen molar-refractivity contribution in [3.63, 3.8) is 0 Å². The van der Waals surface area contributed by atoms with Crippen LogP contribution >= 0.6 is 0 Å². The van der Waals surface area contributed by atoms with Crippen molar-refractivity contribution in [1.82, 2.24) is 0 Å². The third kappa shape index (κ3) is 4.21. The Labute approximate surface area is 160 Å². The molecule has 0 heterocycles. The highest BCUT2D eigenvalue weighted by atomic mass is 16.5. The van der Waals surface area contributed by atoms with Gasteiger partial charge < -0.3 is 10.1 Å². The van der Waals surface area contributed by atoms with Crippen LogP contribution < -0.4 is 5.32 Å². The van der Waals surface area contributed by atoms with Gasteiger partial charge in [0.25, 0.3) is 5.91 Å². The van der Waals surface area contributed by atoms with Crippen molar-refractivity contribution in [1.29, 1.82) is 0 Å². The predicted octanol–water partition coefficient (Wildman–Crippen LogP) is 4.79. The fraction of sp³-hybridized carbons (Fsp3) is 0.391. The Kier molecular flexibility index (Phi) is 5.64. The first-order valence-corrected chi connectivity index (χ1v) is 9.60. The van der Waals surface area contributed by atoms with Gasteiger partial charge in [-0.2, -0.15) is 0 Å². The molecule has 0 aromatic heterocycles. The number of fused-ring (bicyclic) bond motifs is 1. The molecule has 1 atom stereocenters. The number of para-hydroxylation sites is 1. The van der Waals surface area contributed by atoms with E-state index in [1.165, 1.54) is 11.1 Å². The normalized spacial score (nSPS) is 14.0. The van der Waals surface area contributed by atoms with Gasteiger partial charge in [-0.25, -0.2) is 4.79 Å². The van der Waals surface area contributed by atoms with Crippen LogP contribution in [0.1, 0.15) is 65.7 Å². The average Bonchev–Trinajstić information content (AvgIpc) is 3.10. The molecule has 0 bridgehead atoms. The summed E-state index contributed by atoms with van der Waals surface area (Å²) in [6.45, 7) is 7.74. The molecule has 142 valence electrons. The number of esters is 1. The van der Waals surface area contributed by atoms with Gasteiger partial charge in [-0.1, -0.05) is 38.1 Å². The second kappa shape index (κ2) is 7.95. The zero-order chi connectivity index (χ0) is 19.6. The standard InChI is InChI=1S/C23H27NO3/c1-14(2)20-10-5-7-15(3)21(20)24-22(25)16(4)27-23(26)19-12-11-17-8-6-9-18(17)13-19/h5,7,10-14,16H,6,8-9H2,1-4H3,(H,24,25)/t16-/m0/s1. The molecule has 27 heavy (non-hydrogen) atoms. The maximum atomic E-state index is 12.6. The maximum Gasteiger partial charge on any atom is 0.338 e. The zero-order valence-electron chi connectivity index (χ0n) is 16.5. The molecule has 1 aliphatic carbocycles. The van der Waals surface area contributed by atoms with E-state index in [0.29, 0.717) is 5.56 Å². The molecule has 0 aliphatic heterocycles. The largest absolute Gasteiger partial charge is 0.449 e. The molecule has 0 saturated carbocycles. The van der Waals surface area contributed by atoms with E-state index in [0.717, 1.165) is 36.1 Å². The van der Waals surface area contributed by atoms with Crippen LogP contribution in [0.3, 0.4) is 0 Å². The third-order valence-electron chi connectivity index (χ3n) is 5.16. The summed E-state index contributed by atoms with van der Waals surface area (Å²) in [5.74, 6) is -0.494. The smallest absolute Gasteiger partial charge is 0.338 e. The highest BCUT2D eigenvalue weighted by Gasteiger charge is 2.22. The Bertz CT molecular complexity index is 870. The van der Waals surface area contributed by atoms with Crippen LogP contribution in [-0.4, -0.2) is 18.0 Å². The Morgan fingerprint density at radius 2 is 1.78 bits per heavy atom. The fourth-order valence-electron chi connectivity index (χ4n) is 3.55. The monoisotopic (exact) mass is 365 g/mol. The molecule has 3 rings (SSSR count). The minimum Gasteiger partial charge on any atom is -0.449 e. The van der Waals surface area contributed by atoms with Crippen molar-refractivity contribution in [2.45, 2.75) is 59.0 Å². The van der Waals surface area contributed by atoms with Gasteiger partial charge >= 0.3 is 5.97 Å². The lowest BCUT2D eigenvalue weighted by molar-refractivity contribution is -0.123. The molecule has 0 saturated heterocycles. The molecule has 1 aliphatic rings. The van der Waals surface area contributed by atoms with E-state index in [4.69, 9.17) is 4.74 Å². The molecule has 0 fully saturated rings. The Balaban J connectivity index is 1.69. The van der Waals surface area contributed by atoms with Crippen molar-refractivity contribution in [2.75, 3.05) is 5.32 Å². The van der Waals surface area contributed by atoms with Crippen molar-refractivity contribution in [3.05, 3.63) is 64.2 Å². The molecular formula is C23H27NO3. The summed E-state index contributed by atoms with van der Waals surface area (Å²) in [4.78, 5) is 25.1. The maximum absolute atomic E-state index is 12.6. The quantitative estimate of drug-likeness (QED) is 0.775. The Morgan fingerprint density at radius 1 is 1.04 bits per heavy atom. The van der Waals surface area contributed by atoms with Gasteiger partial charge in [-0.3, -0.25) is 4.79 Å². The fourth-order valence-corrected chi connectivity index (χ4v) is 3.55. The number of ether oxygens (including phenoxy) is 1. The molecular weight excluding hydrogens is 338 g/mol. The van der Waals surface area contributed by atoms with Crippen molar-refractivity contribution in [3.8, 4) is 0 Å². The number of aryl methyl sites for hydroxylation is 3.